The number of rotatable bonds is 7. The van der Waals surface area contributed by atoms with Crippen molar-refractivity contribution >= 4 is 21.6 Å². The highest BCUT2D eigenvalue weighted by atomic mass is 32.2. The molecule has 0 unspecified atom stereocenters. The summed E-state index contributed by atoms with van der Waals surface area (Å²) in [7, 11) is -2.17. The van der Waals surface area contributed by atoms with Crippen molar-refractivity contribution in [3.63, 3.8) is 0 Å². The number of sulfonamides is 1. The Morgan fingerprint density at radius 3 is 2.48 bits per heavy atom. The molecule has 2 atom stereocenters. The average Bonchev–Trinajstić information content (AvgIpc) is 2.71. The van der Waals surface area contributed by atoms with Gasteiger partial charge in [0.1, 0.15) is 24.5 Å². The Morgan fingerprint density at radius 2 is 1.86 bits per heavy atom. The van der Waals surface area contributed by atoms with Crippen molar-refractivity contribution in [1.29, 1.82) is 0 Å². The minimum atomic E-state index is -3.69. The van der Waals surface area contributed by atoms with Crippen molar-refractivity contribution in [1.82, 2.24) is 5.32 Å². The van der Waals surface area contributed by atoms with Gasteiger partial charge in [-0.25, -0.2) is 8.42 Å². The molecule has 2 aromatic rings. The molecule has 1 aliphatic rings. The van der Waals surface area contributed by atoms with Gasteiger partial charge in [0, 0.05) is 0 Å². The van der Waals surface area contributed by atoms with Crippen molar-refractivity contribution in [2.45, 2.75) is 19.1 Å². The number of benzene rings is 2. The normalized spacial score (nSPS) is 16.6. The summed E-state index contributed by atoms with van der Waals surface area (Å²) in [4.78, 5) is 12.7. The maximum Gasteiger partial charge on any atom is 0.243 e. The van der Waals surface area contributed by atoms with Gasteiger partial charge >= 0.3 is 0 Å². The Labute approximate surface area is 170 Å². The first-order chi connectivity index (χ1) is 13.8. The molecule has 156 valence electrons. The molecule has 0 fully saturated rings. The Hall–Kier alpha value is -2.94. The summed E-state index contributed by atoms with van der Waals surface area (Å²) in [6.45, 7) is 2.02. The van der Waals surface area contributed by atoms with Crippen molar-refractivity contribution in [2.24, 2.45) is 0 Å². The largest absolute Gasteiger partial charge is 0.497 e. The number of anilines is 1. The van der Waals surface area contributed by atoms with Crippen LogP contribution in [-0.4, -0.2) is 53.0 Å². The van der Waals surface area contributed by atoms with Crippen LogP contribution in [0.2, 0.25) is 0 Å². The van der Waals surface area contributed by atoms with Gasteiger partial charge in [-0.3, -0.25) is 9.10 Å². The van der Waals surface area contributed by atoms with Gasteiger partial charge in [0.25, 0.3) is 0 Å². The second kappa shape index (κ2) is 8.60. The predicted molar refractivity (Wildman–Crippen MR) is 109 cm³/mol. The minimum absolute atomic E-state index is 0.192. The highest BCUT2D eigenvalue weighted by molar-refractivity contribution is 7.92. The number of carbonyl (C=O) groups excluding carboxylic acids is 1. The molecule has 1 heterocycles. The van der Waals surface area contributed by atoms with Gasteiger partial charge in [0.2, 0.25) is 15.9 Å². The van der Waals surface area contributed by atoms with E-state index in [-0.39, 0.29) is 12.6 Å². The number of nitrogens with zero attached hydrogens (tertiary/aromatic N) is 1. The Morgan fingerprint density at radius 1 is 1.21 bits per heavy atom. The summed E-state index contributed by atoms with van der Waals surface area (Å²) >= 11 is 0. The number of nitrogens with one attached hydrogen (secondary N) is 1. The first-order valence-electron chi connectivity index (χ1n) is 9.09. The minimum Gasteiger partial charge on any atom is -0.497 e. The standard InChI is InChI=1S/C20H24N2O6S/c1-14(22(29(3,24)25)15-8-10-16(26-2)11-9-15)20(23)21-12-17-13-27-18-6-4-5-7-19(18)28-17/h4-11,14,17H,12-13H2,1-3H3,(H,21,23)/t14-,17-/m1/s1. The molecule has 1 amide bonds. The molecular formula is C20H24N2O6S. The third-order valence-electron chi connectivity index (χ3n) is 4.49. The summed E-state index contributed by atoms with van der Waals surface area (Å²) < 4.78 is 42.3. The monoisotopic (exact) mass is 420 g/mol. The van der Waals surface area contributed by atoms with Crippen LogP contribution in [-0.2, 0) is 14.8 Å². The number of hydrogen-bond acceptors (Lipinski definition) is 6. The molecule has 1 aliphatic heterocycles. The molecule has 0 spiro atoms. The molecule has 0 radical (unpaired) electrons. The lowest BCUT2D eigenvalue weighted by Crippen LogP contribution is -2.50. The summed E-state index contributed by atoms with van der Waals surface area (Å²) in [6.07, 6.45) is 0.699. The van der Waals surface area contributed by atoms with E-state index in [2.05, 4.69) is 5.32 Å². The van der Waals surface area contributed by atoms with Gasteiger partial charge in [-0.2, -0.15) is 0 Å². The van der Waals surface area contributed by atoms with Crippen LogP contribution in [0.4, 0.5) is 5.69 Å². The lowest BCUT2D eigenvalue weighted by Gasteiger charge is -2.30. The highest BCUT2D eigenvalue weighted by Gasteiger charge is 2.30. The fourth-order valence-corrected chi connectivity index (χ4v) is 4.24. The van der Waals surface area contributed by atoms with Crippen LogP contribution in [0.15, 0.2) is 48.5 Å². The molecule has 8 nitrogen and oxygen atoms in total. The van der Waals surface area contributed by atoms with E-state index in [0.29, 0.717) is 29.5 Å². The number of carbonyl (C=O) groups is 1. The third-order valence-corrected chi connectivity index (χ3v) is 5.73. The molecule has 9 heteroatoms. The number of amides is 1. The number of ether oxygens (including phenoxy) is 3. The molecule has 0 bridgehead atoms. The number of para-hydroxylation sites is 2. The van der Waals surface area contributed by atoms with Gasteiger partial charge in [-0.1, -0.05) is 12.1 Å². The van der Waals surface area contributed by atoms with Gasteiger partial charge in [0.05, 0.1) is 25.6 Å². The van der Waals surface area contributed by atoms with Crippen LogP contribution in [0, 0.1) is 0 Å². The first-order valence-corrected chi connectivity index (χ1v) is 10.9. The lowest BCUT2D eigenvalue weighted by atomic mass is 10.2. The Bertz CT molecular complexity index is 961. The molecule has 0 aliphatic carbocycles. The van der Waals surface area contributed by atoms with Crippen LogP contribution < -0.4 is 23.8 Å². The van der Waals surface area contributed by atoms with E-state index in [9.17, 15) is 13.2 Å². The van der Waals surface area contributed by atoms with E-state index >= 15 is 0 Å². The smallest absolute Gasteiger partial charge is 0.243 e. The maximum absolute atomic E-state index is 12.7. The number of methoxy groups -OCH3 is 1. The molecule has 2 aromatic carbocycles. The topological polar surface area (TPSA) is 94.2 Å². The molecule has 0 aromatic heterocycles. The highest BCUT2D eigenvalue weighted by Crippen LogP contribution is 2.30. The predicted octanol–water partition coefficient (Wildman–Crippen LogP) is 1.81. The van der Waals surface area contributed by atoms with Crippen molar-refractivity contribution in [3.05, 3.63) is 48.5 Å². The van der Waals surface area contributed by atoms with E-state index in [1.165, 1.54) is 14.0 Å². The SMILES string of the molecule is COc1ccc(N([C@H](C)C(=O)NC[C@@H]2COc3ccccc3O2)S(C)(=O)=O)cc1. The summed E-state index contributed by atoms with van der Waals surface area (Å²) in [5.74, 6) is 1.43. The van der Waals surface area contributed by atoms with Crippen LogP contribution in [0.3, 0.4) is 0 Å². The summed E-state index contributed by atoms with van der Waals surface area (Å²) in [6, 6.07) is 12.8. The average molecular weight is 420 g/mol. The zero-order chi connectivity index (χ0) is 21.0. The van der Waals surface area contributed by atoms with E-state index in [1.807, 2.05) is 18.2 Å². The van der Waals surface area contributed by atoms with Crippen LogP contribution >= 0.6 is 0 Å². The third kappa shape index (κ3) is 4.92. The van der Waals surface area contributed by atoms with Crippen LogP contribution in [0.5, 0.6) is 17.2 Å². The zero-order valence-corrected chi connectivity index (χ0v) is 17.3. The van der Waals surface area contributed by atoms with E-state index in [1.54, 1.807) is 30.3 Å². The van der Waals surface area contributed by atoms with Crippen molar-refractivity contribution in [2.75, 3.05) is 30.8 Å². The van der Waals surface area contributed by atoms with Crippen molar-refractivity contribution in [3.8, 4) is 17.2 Å². The Balaban J connectivity index is 1.66. The molecule has 0 saturated carbocycles. The van der Waals surface area contributed by atoms with Crippen LogP contribution in [0.25, 0.3) is 0 Å². The van der Waals surface area contributed by atoms with Gasteiger partial charge in [0.15, 0.2) is 11.5 Å². The molecule has 29 heavy (non-hydrogen) atoms. The molecule has 0 saturated heterocycles. The summed E-state index contributed by atoms with van der Waals surface area (Å²) in [5, 5.41) is 2.75. The Kier molecular flexibility index (Phi) is 6.17. The second-order valence-corrected chi connectivity index (χ2v) is 8.53. The second-order valence-electron chi connectivity index (χ2n) is 6.68. The fourth-order valence-electron chi connectivity index (χ4n) is 3.06. The van der Waals surface area contributed by atoms with Crippen LogP contribution in [0.1, 0.15) is 6.92 Å². The fraction of sp³-hybridized carbons (Fsp3) is 0.350. The lowest BCUT2D eigenvalue weighted by molar-refractivity contribution is -0.122. The van der Waals surface area contributed by atoms with E-state index < -0.39 is 22.0 Å². The van der Waals surface area contributed by atoms with Gasteiger partial charge in [-0.15, -0.1) is 0 Å². The number of fused-ring (bicyclic) bond motifs is 1. The quantitative estimate of drug-likeness (QED) is 0.734. The first kappa shape index (κ1) is 20.8. The molecule has 3 rings (SSSR count). The van der Waals surface area contributed by atoms with Crippen molar-refractivity contribution < 1.29 is 27.4 Å². The van der Waals surface area contributed by atoms with E-state index in [4.69, 9.17) is 14.2 Å². The van der Waals surface area contributed by atoms with Gasteiger partial charge in [-0.05, 0) is 43.3 Å². The summed E-state index contributed by atoms with van der Waals surface area (Å²) in [5.41, 5.74) is 0.377. The van der Waals surface area contributed by atoms with Gasteiger partial charge < -0.3 is 19.5 Å². The molecule has 1 N–H and O–H groups in total. The number of hydrogen-bond donors (Lipinski definition) is 1. The molecular weight excluding hydrogens is 396 g/mol. The zero-order valence-electron chi connectivity index (χ0n) is 16.5. The van der Waals surface area contributed by atoms with E-state index in [0.717, 1.165) is 10.6 Å². The maximum atomic E-state index is 12.7.